The molecule has 0 saturated heterocycles. The molecule has 2 aromatic carbocycles. The number of benzene rings is 2. The second kappa shape index (κ2) is 9.87. The van der Waals surface area contributed by atoms with Crippen molar-refractivity contribution < 1.29 is 0 Å². The van der Waals surface area contributed by atoms with Gasteiger partial charge in [-0.05, 0) is 42.0 Å². The number of halogens is 1. The highest BCUT2D eigenvalue weighted by molar-refractivity contribution is 14.0. The number of amidine groups is 2. The Kier molecular flexibility index (Phi) is 7.54. The zero-order valence-electron chi connectivity index (χ0n) is 14.7. The van der Waals surface area contributed by atoms with Crippen LogP contribution in [-0.2, 0) is 6.42 Å². The summed E-state index contributed by atoms with van der Waals surface area (Å²) in [5, 5.41) is 24.9. The Balaban J connectivity index is 0.00000280. The maximum Gasteiger partial charge on any atom is 0.146 e. The van der Waals surface area contributed by atoms with Crippen molar-refractivity contribution in [1.29, 1.82) is 16.1 Å². The zero-order valence-corrected chi connectivity index (χ0v) is 17.9. The fourth-order valence-corrected chi connectivity index (χ4v) is 3.21. The Morgan fingerprint density at radius 1 is 1.21 bits per heavy atom. The molecule has 6 nitrogen and oxygen atoms in total. The van der Waals surface area contributed by atoms with E-state index in [2.05, 4.69) is 9.98 Å². The van der Waals surface area contributed by atoms with Crippen LogP contribution >= 0.6 is 35.3 Å². The third-order valence-electron chi connectivity index (χ3n) is 3.76. The van der Waals surface area contributed by atoms with E-state index in [0.717, 1.165) is 15.8 Å². The van der Waals surface area contributed by atoms with E-state index in [1.54, 1.807) is 41.1 Å². The van der Waals surface area contributed by atoms with Crippen LogP contribution in [0.3, 0.4) is 0 Å². The van der Waals surface area contributed by atoms with E-state index in [9.17, 15) is 0 Å². The molecule has 0 atom stereocenters. The van der Waals surface area contributed by atoms with Gasteiger partial charge in [0.1, 0.15) is 11.7 Å². The zero-order chi connectivity index (χ0) is 19.2. The number of rotatable bonds is 5. The van der Waals surface area contributed by atoms with Crippen molar-refractivity contribution in [2.75, 3.05) is 0 Å². The molecule has 140 valence electrons. The monoisotopic (exact) mass is 500 g/mol. The molecule has 0 radical (unpaired) electrons. The molecule has 28 heavy (non-hydrogen) atoms. The number of nitrogens with one attached hydrogen (secondary N) is 2. The van der Waals surface area contributed by atoms with Crippen LogP contribution in [0.4, 0.5) is 0 Å². The molecule has 1 heterocycles. The van der Waals surface area contributed by atoms with E-state index in [4.69, 9.17) is 21.8 Å². The highest BCUT2D eigenvalue weighted by Gasteiger charge is 2.03. The van der Waals surface area contributed by atoms with Crippen LogP contribution in [0.15, 0.2) is 65.1 Å². The summed E-state index contributed by atoms with van der Waals surface area (Å²) in [6, 6.07) is 14.7. The van der Waals surface area contributed by atoms with Crippen molar-refractivity contribution in [3.05, 3.63) is 76.8 Å². The SMILES string of the molecule is I.N#Cc1cccc(C(=N)/C=C\C(=N)N=C(N)Cc2ccc3ncsc3c2)c1. The molecule has 0 aliphatic rings. The van der Waals surface area contributed by atoms with E-state index in [0.29, 0.717) is 23.4 Å². The lowest BCUT2D eigenvalue weighted by atomic mass is 10.1. The number of aliphatic imine (C=N–C) groups is 1. The lowest BCUT2D eigenvalue weighted by Crippen LogP contribution is -2.16. The lowest BCUT2D eigenvalue weighted by Gasteiger charge is -2.02. The molecular weight excluding hydrogens is 483 g/mol. The Morgan fingerprint density at radius 3 is 2.82 bits per heavy atom. The average molecular weight is 500 g/mol. The van der Waals surface area contributed by atoms with Crippen molar-refractivity contribution in [1.82, 2.24) is 4.98 Å². The fourth-order valence-electron chi connectivity index (χ4n) is 2.46. The molecule has 8 heteroatoms. The summed E-state index contributed by atoms with van der Waals surface area (Å²) < 4.78 is 1.09. The molecule has 0 fully saturated rings. The Labute approximate surface area is 183 Å². The Morgan fingerprint density at radius 2 is 2.04 bits per heavy atom. The highest BCUT2D eigenvalue weighted by Crippen LogP contribution is 2.19. The van der Waals surface area contributed by atoms with E-state index in [-0.39, 0.29) is 35.5 Å². The summed E-state index contributed by atoms with van der Waals surface area (Å²) in [5.74, 6) is 0.291. The normalized spacial score (nSPS) is 11.2. The van der Waals surface area contributed by atoms with Crippen molar-refractivity contribution >= 4 is 62.9 Å². The van der Waals surface area contributed by atoms with Crippen LogP contribution < -0.4 is 5.73 Å². The summed E-state index contributed by atoms with van der Waals surface area (Å²) in [7, 11) is 0. The molecule has 3 rings (SSSR count). The number of hydrogen-bond acceptors (Lipinski definition) is 5. The van der Waals surface area contributed by atoms with Crippen molar-refractivity contribution in [2.45, 2.75) is 6.42 Å². The predicted molar refractivity (Wildman–Crippen MR) is 125 cm³/mol. The second-order valence-electron chi connectivity index (χ2n) is 5.76. The third kappa shape index (κ3) is 5.55. The maximum atomic E-state index is 8.92. The summed E-state index contributed by atoms with van der Waals surface area (Å²) in [6.07, 6.45) is 3.32. The van der Waals surface area contributed by atoms with Gasteiger partial charge in [0.25, 0.3) is 0 Å². The number of nitrogens with zero attached hydrogens (tertiary/aromatic N) is 3. The number of thiazole rings is 1. The molecular formula is C20H17IN6S. The van der Waals surface area contributed by atoms with Crippen LogP contribution in [0.5, 0.6) is 0 Å². The topological polar surface area (TPSA) is 123 Å². The van der Waals surface area contributed by atoms with Crippen LogP contribution in [0.1, 0.15) is 16.7 Å². The van der Waals surface area contributed by atoms with Gasteiger partial charge in [-0.3, -0.25) is 5.41 Å². The van der Waals surface area contributed by atoms with E-state index in [1.807, 2.05) is 24.3 Å². The van der Waals surface area contributed by atoms with Crippen LogP contribution in [0, 0.1) is 22.1 Å². The molecule has 0 unspecified atom stereocenters. The minimum atomic E-state index is -0.0347. The number of aromatic nitrogens is 1. The van der Waals surface area contributed by atoms with Gasteiger partial charge in [0.15, 0.2) is 0 Å². The molecule has 0 saturated carbocycles. The molecule has 0 aliphatic heterocycles. The summed E-state index contributed by atoms with van der Waals surface area (Å²) in [6.45, 7) is 0. The minimum Gasteiger partial charge on any atom is -0.387 e. The summed E-state index contributed by atoms with van der Waals surface area (Å²) >= 11 is 1.57. The first-order valence-electron chi connectivity index (χ1n) is 8.06. The van der Waals surface area contributed by atoms with Gasteiger partial charge in [0.05, 0.1) is 33.1 Å². The molecule has 4 N–H and O–H groups in total. The summed E-state index contributed by atoms with van der Waals surface area (Å²) in [4.78, 5) is 8.31. The van der Waals surface area contributed by atoms with E-state index >= 15 is 0 Å². The van der Waals surface area contributed by atoms with Crippen LogP contribution in [0.2, 0.25) is 0 Å². The van der Waals surface area contributed by atoms with Crippen LogP contribution in [0.25, 0.3) is 10.2 Å². The Hall–Kier alpha value is -2.90. The number of fused-ring (bicyclic) bond motifs is 1. The smallest absolute Gasteiger partial charge is 0.146 e. The molecule has 3 aromatic rings. The lowest BCUT2D eigenvalue weighted by molar-refractivity contribution is 1.28. The van der Waals surface area contributed by atoms with Crippen molar-refractivity contribution in [3.8, 4) is 6.07 Å². The molecule has 0 amide bonds. The third-order valence-corrected chi connectivity index (χ3v) is 4.55. The second-order valence-corrected chi connectivity index (χ2v) is 6.65. The van der Waals surface area contributed by atoms with Gasteiger partial charge in [-0.15, -0.1) is 35.3 Å². The first-order valence-corrected chi connectivity index (χ1v) is 8.94. The Bertz CT molecular complexity index is 1120. The van der Waals surface area contributed by atoms with E-state index < -0.39 is 0 Å². The quantitative estimate of drug-likeness (QED) is 0.275. The number of hydrogen-bond donors (Lipinski definition) is 3. The predicted octanol–water partition coefficient (Wildman–Crippen LogP) is 4.29. The van der Waals surface area contributed by atoms with Gasteiger partial charge < -0.3 is 11.1 Å². The summed E-state index contributed by atoms with van der Waals surface area (Å²) in [5.41, 5.74) is 11.0. The number of allylic oxidation sites excluding steroid dienone is 1. The molecule has 1 aromatic heterocycles. The van der Waals surface area contributed by atoms with Gasteiger partial charge in [-0.2, -0.15) is 5.26 Å². The van der Waals surface area contributed by atoms with Crippen molar-refractivity contribution in [3.63, 3.8) is 0 Å². The first-order chi connectivity index (χ1) is 13.0. The van der Waals surface area contributed by atoms with Crippen molar-refractivity contribution in [2.24, 2.45) is 10.7 Å². The molecule has 0 aliphatic carbocycles. The van der Waals surface area contributed by atoms with Gasteiger partial charge >= 0.3 is 0 Å². The fraction of sp³-hybridized carbons (Fsp3) is 0.0500. The maximum absolute atomic E-state index is 8.92. The van der Waals surface area contributed by atoms with Gasteiger partial charge in [-0.25, -0.2) is 9.98 Å². The van der Waals surface area contributed by atoms with Crippen LogP contribution in [-0.4, -0.2) is 22.4 Å². The largest absolute Gasteiger partial charge is 0.387 e. The van der Waals surface area contributed by atoms with Gasteiger partial charge in [0, 0.05) is 12.0 Å². The molecule has 0 spiro atoms. The molecule has 0 bridgehead atoms. The average Bonchev–Trinajstić information content (AvgIpc) is 3.13. The number of nitrogens with two attached hydrogens (primary N) is 1. The van der Waals surface area contributed by atoms with Gasteiger partial charge in [-0.1, -0.05) is 18.2 Å². The minimum absolute atomic E-state index is 0. The standard InChI is InChI=1S/C20H16N6S.HI/c21-11-14-2-1-3-15(8-14)16(22)5-7-19(23)26-20(24)10-13-4-6-17-18(9-13)27-12-25-17;/h1-9,12,22H,10H2,(H3,23,24,26);1H/b7-5-,22-16?;. The number of nitriles is 1. The highest BCUT2D eigenvalue weighted by atomic mass is 127. The van der Waals surface area contributed by atoms with Gasteiger partial charge in [0.2, 0.25) is 0 Å². The van der Waals surface area contributed by atoms with E-state index in [1.165, 1.54) is 12.2 Å². The first kappa shape index (κ1) is 21.4.